The molecule has 2 N–H and O–H groups in total. The van der Waals surface area contributed by atoms with Gasteiger partial charge in [0.05, 0.1) is 25.5 Å². The summed E-state index contributed by atoms with van der Waals surface area (Å²) in [4.78, 5) is 12.2. The minimum Gasteiger partial charge on any atom is -0.495 e. The molecule has 3 aromatic rings. The average Bonchev–Trinajstić information content (AvgIpc) is 3.24. The molecule has 0 spiro atoms. The molecule has 1 aromatic heterocycles. The SMILES string of the molecule is COc1ccc(Cl)cc1S(=O)(=O)NC(=O)NC/C=C1\CCCc2cnn(Cc3ccc(Cl)cc3Cl)c21. The molecule has 1 heterocycles. The lowest BCUT2D eigenvalue weighted by Gasteiger charge is -2.18. The van der Waals surface area contributed by atoms with E-state index in [4.69, 9.17) is 39.5 Å². The molecule has 36 heavy (non-hydrogen) atoms. The van der Waals surface area contributed by atoms with Gasteiger partial charge < -0.3 is 10.1 Å². The van der Waals surface area contributed by atoms with E-state index in [1.807, 2.05) is 27.7 Å². The summed E-state index contributed by atoms with van der Waals surface area (Å²) in [6.07, 6.45) is 6.35. The number of aromatic nitrogens is 2. The summed E-state index contributed by atoms with van der Waals surface area (Å²) < 4.78 is 34.3. The molecular formula is C24H23Cl3N4O4S. The molecule has 0 bridgehead atoms. The summed E-state index contributed by atoms with van der Waals surface area (Å²) >= 11 is 18.3. The van der Waals surface area contributed by atoms with Gasteiger partial charge in [-0.1, -0.05) is 46.9 Å². The molecule has 0 fully saturated rings. The van der Waals surface area contributed by atoms with E-state index in [9.17, 15) is 13.2 Å². The van der Waals surface area contributed by atoms with E-state index in [0.29, 0.717) is 16.6 Å². The maximum absolute atomic E-state index is 12.7. The van der Waals surface area contributed by atoms with Crippen LogP contribution in [0.1, 0.15) is 29.7 Å². The second kappa shape index (κ2) is 11.1. The van der Waals surface area contributed by atoms with Crippen LogP contribution in [0.25, 0.3) is 5.57 Å². The number of nitrogens with zero attached hydrogens (tertiary/aromatic N) is 2. The van der Waals surface area contributed by atoms with Crippen molar-refractivity contribution in [1.29, 1.82) is 0 Å². The number of fused-ring (bicyclic) bond motifs is 1. The molecule has 0 saturated carbocycles. The Hall–Kier alpha value is -2.72. The van der Waals surface area contributed by atoms with Gasteiger partial charge in [-0.2, -0.15) is 5.10 Å². The molecule has 1 aliphatic rings. The largest absolute Gasteiger partial charge is 0.495 e. The molecule has 190 valence electrons. The van der Waals surface area contributed by atoms with Crippen LogP contribution in [0, 0.1) is 0 Å². The fourth-order valence-electron chi connectivity index (χ4n) is 4.04. The first-order valence-electron chi connectivity index (χ1n) is 11.0. The third-order valence-corrected chi connectivity index (χ3v) is 7.87. The van der Waals surface area contributed by atoms with Crippen LogP contribution in [-0.2, 0) is 23.0 Å². The number of ether oxygens (including phenoxy) is 1. The third-order valence-electron chi connectivity index (χ3n) is 5.70. The van der Waals surface area contributed by atoms with E-state index in [-0.39, 0.29) is 22.2 Å². The molecule has 1 aliphatic carbocycles. The molecule has 0 aliphatic heterocycles. The summed E-state index contributed by atoms with van der Waals surface area (Å²) in [5, 5.41) is 8.43. The minimum absolute atomic E-state index is 0.0746. The van der Waals surface area contributed by atoms with Gasteiger partial charge in [0.25, 0.3) is 10.0 Å². The van der Waals surface area contributed by atoms with Crippen LogP contribution in [-0.4, -0.2) is 37.9 Å². The van der Waals surface area contributed by atoms with Gasteiger partial charge in [0.1, 0.15) is 10.6 Å². The number of carbonyl (C=O) groups excluding carboxylic acids is 1. The smallest absolute Gasteiger partial charge is 0.328 e. The molecule has 0 saturated heterocycles. The van der Waals surface area contributed by atoms with Crippen molar-refractivity contribution in [3.63, 3.8) is 0 Å². The van der Waals surface area contributed by atoms with E-state index < -0.39 is 16.1 Å². The number of aryl methyl sites for hydroxylation is 1. The quantitative estimate of drug-likeness (QED) is 0.402. The lowest BCUT2D eigenvalue weighted by molar-refractivity contribution is 0.247. The topological polar surface area (TPSA) is 102 Å². The number of amides is 2. The normalized spacial score (nSPS) is 14.4. The molecule has 0 atom stereocenters. The van der Waals surface area contributed by atoms with Crippen LogP contribution in [0.5, 0.6) is 5.75 Å². The van der Waals surface area contributed by atoms with Gasteiger partial charge in [0, 0.05) is 21.6 Å². The first kappa shape index (κ1) is 26.3. The first-order valence-corrected chi connectivity index (χ1v) is 13.6. The number of methoxy groups -OCH3 is 1. The highest BCUT2D eigenvalue weighted by atomic mass is 35.5. The highest BCUT2D eigenvalue weighted by Gasteiger charge is 2.23. The van der Waals surface area contributed by atoms with Crippen molar-refractivity contribution in [1.82, 2.24) is 19.8 Å². The number of halogens is 3. The van der Waals surface area contributed by atoms with E-state index in [1.54, 1.807) is 12.1 Å². The van der Waals surface area contributed by atoms with Gasteiger partial charge >= 0.3 is 6.03 Å². The Morgan fingerprint density at radius 3 is 2.64 bits per heavy atom. The van der Waals surface area contributed by atoms with Crippen LogP contribution in [0.4, 0.5) is 4.79 Å². The number of allylic oxidation sites excluding steroid dienone is 1. The molecular weight excluding hydrogens is 547 g/mol. The van der Waals surface area contributed by atoms with Crippen LogP contribution < -0.4 is 14.8 Å². The molecule has 2 aromatic carbocycles. The van der Waals surface area contributed by atoms with Gasteiger partial charge in [0.2, 0.25) is 0 Å². The number of hydrogen-bond donors (Lipinski definition) is 2. The summed E-state index contributed by atoms with van der Waals surface area (Å²) in [6, 6.07) is 8.61. The van der Waals surface area contributed by atoms with Crippen molar-refractivity contribution in [3.05, 3.63) is 80.6 Å². The van der Waals surface area contributed by atoms with Gasteiger partial charge in [0.15, 0.2) is 0 Å². The van der Waals surface area contributed by atoms with Gasteiger partial charge in [-0.3, -0.25) is 4.68 Å². The second-order valence-electron chi connectivity index (χ2n) is 8.11. The standard InChI is InChI=1S/C24H23Cl3N4O4S/c1-35-21-8-7-19(26)12-22(21)36(33,34)30-24(32)28-10-9-15-3-2-4-16-13-29-31(23(15)16)14-17-5-6-18(25)11-20(17)27/h5-9,11-13H,2-4,10,14H2,1H3,(H2,28,30,32)/b15-9+. The zero-order chi connectivity index (χ0) is 25.9. The van der Waals surface area contributed by atoms with E-state index in [1.165, 1.54) is 25.3 Å². The monoisotopic (exact) mass is 568 g/mol. The number of nitrogens with one attached hydrogen (secondary N) is 2. The fourth-order valence-corrected chi connectivity index (χ4v) is 5.87. The molecule has 2 amide bonds. The molecule has 4 rings (SSSR count). The molecule has 12 heteroatoms. The zero-order valence-corrected chi connectivity index (χ0v) is 22.3. The summed E-state index contributed by atoms with van der Waals surface area (Å²) in [5.74, 6) is 0.0746. The number of carbonyl (C=O) groups is 1. The average molecular weight is 570 g/mol. The Morgan fingerprint density at radius 2 is 1.89 bits per heavy atom. The highest BCUT2D eigenvalue weighted by Crippen LogP contribution is 2.32. The fraction of sp³-hybridized carbons (Fsp3) is 0.250. The molecule has 0 unspecified atom stereocenters. The summed E-state index contributed by atoms with van der Waals surface area (Å²) in [7, 11) is -2.86. The third kappa shape index (κ3) is 5.98. The predicted octanol–water partition coefficient (Wildman–Crippen LogP) is 5.31. The van der Waals surface area contributed by atoms with Gasteiger partial charge in [-0.05, 0) is 66.3 Å². The zero-order valence-electron chi connectivity index (χ0n) is 19.2. The minimum atomic E-state index is -4.20. The van der Waals surface area contributed by atoms with Crippen molar-refractivity contribution < 1.29 is 17.9 Å². The Bertz CT molecular complexity index is 1440. The van der Waals surface area contributed by atoms with Crippen LogP contribution in [0.3, 0.4) is 0 Å². The van der Waals surface area contributed by atoms with Crippen molar-refractivity contribution in [2.24, 2.45) is 0 Å². The van der Waals surface area contributed by atoms with Crippen LogP contribution in [0.2, 0.25) is 15.1 Å². The van der Waals surface area contributed by atoms with Gasteiger partial charge in [-0.25, -0.2) is 17.9 Å². The van der Waals surface area contributed by atoms with Crippen LogP contribution in [0.15, 0.2) is 53.6 Å². The van der Waals surface area contributed by atoms with E-state index >= 15 is 0 Å². The van der Waals surface area contributed by atoms with Crippen molar-refractivity contribution in [3.8, 4) is 5.75 Å². The lowest BCUT2D eigenvalue weighted by atomic mass is 9.92. The van der Waals surface area contributed by atoms with Crippen LogP contribution >= 0.6 is 34.8 Å². The number of rotatable bonds is 7. The highest BCUT2D eigenvalue weighted by molar-refractivity contribution is 7.90. The number of urea groups is 1. The molecule has 0 radical (unpaired) electrons. The van der Waals surface area contributed by atoms with Crippen molar-refractivity contribution in [2.45, 2.75) is 30.7 Å². The second-order valence-corrected chi connectivity index (χ2v) is 11.0. The van der Waals surface area contributed by atoms with Gasteiger partial charge in [-0.15, -0.1) is 0 Å². The number of sulfonamides is 1. The Morgan fingerprint density at radius 1 is 1.14 bits per heavy atom. The van der Waals surface area contributed by atoms with E-state index in [2.05, 4.69) is 10.4 Å². The molecule has 8 nitrogen and oxygen atoms in total. The summed E-state index contributed by atoms with van der Waals surface area (Å²) in [5.41, 5.74) is 3.98. The Balaban J connectivity index is 1.46. The summed E-state index contributed by atoms with van der Waals surface area (Å²) in [6.45, 7) is 0.589. The van der Waals surface area contributed by atoms with Crippen molar-refractivity contribution in [2.75, 3.05) is 13.7 Å². The maximum Gasteiger partial charge on any atom is 0.328 e. The number of hydrogen-bond acceptors (Lipinski definition) is 5. The Labute approximate surface area is 224 Å². The van der Waals surface area contributed by atoms with Crippen molar-refractivity contribution >= 4 is 56.4 Å². The lowest BCUT2D eigenvalue weighted by Crippen LogP contribution is -2.39. The predicted molar refractivity (Wildman–Crippen MR) is 140 cm³/mol. The first-order chi connectivity index (χ1) is 17.2. The number of benzene rings is 2. The van der Waals surface area contributed by atoms with E-state index in [0.717, 1.165) is 41.7 Å². The maximum atomic E-state index is 12.7. The Kier molecular flexibility index (Phi) is 8.14.